The summed E-state index contributed by atoms with van der Waals surface area (Å²) in [4.78, 5) is 27.7. The van der Waals surface area contributed by atoms with E-state index in [-0.39, 0.29) is 18.6 Å². The number of methoxy groups -OCH3 is 1. The predicted molar refractivity (Wildman–Crippen MR) is 131 cm³/mol. The molecule has 0 aromatic heterocycles. The molecule has 0 radical (unpaired) electrons. The minimum absolute atomic E-state index is 0.123. The van der Waals surface area contributed by atoms with Crippen LogP contribution < -0.4 is 29.9 Å². The lowest BCUT2D eigenvalue weighted by Gasteiger charge is -2.22. The van der Waals surface area contributed by atoms with Gasteiger partial charge < -0.3 is 24.4 Å². The largest absolute Gasteiger partial charge is 0.496 e. The smallest absolute Gasteiger partial charge is 0.262 e. The maximum absolute atomic E-state index is 12.8. The molecule has 0 fully saturated rings. The molecule has 0 aliphatic carbocycles. The van der Waals surface area contributed by atoms with Crippen LogP contribution in [0.4, 0.5) is 5.69 Å². The van der Waals surface area contributed by atoms with Crippen LogP contribution in [0.3, 0.4) is 0 Å². The van der Waals surface area contributed by atoms with Crippen LogP contribution in [0, 0.1) is 5.92 Å². The molecule has 2 amide bonds. The van der Waals surface area contributed by atoms with Crippen LogP contribution in [0.15, 0.2) is 41.5 Å². The van der Waals surface area contributed by atoms with Gasteiger partial charge in [0, 0.05) is 36.0 Å². The summed E-state index contributed by atoms with van der Waals surface area (Å²) in [6.45, 7) is 9.79. The maximum atomic E-state index is 12.8. The number of fused-ring (bicyclic) bond motifs is 1. The topological polar surface area (TPSA) is 101 Å². The van der Waals surface area contributed by atoms with Gasteiger partial charge in [-0.25, -0.2) is 5.43 Å². The van der Waals surface area contributed by atoms with Crippen molar-refractivity contribution < 1.29 is 23.8 Å². The van der Waals surface area contributed by atoms with E-state index in [1.165, 1.54) is 6.21 Å². The Kier molecular flexibility index (Phi) is 8.34. The molecule has 3 rings (SSSR count). The Balaban J connectivity index is 1.66. The molecule has 2 N–H and O–H groups in total. The molecule has 1 aliphatic heterocycles. The number of hydrogen-bond donors (Lipinski definition) is 2. The number of hydrogen-bond acceptors (Lipinski definition) is 7. The fourth-order valence-electron chi connectivity index (χ4n) is 3.62. The van der Waals surface area contributed by atoms with E-state index in [0.717, 1.165) is 24.3 Å². The van der Waals surface area contributed by atoms with Crippen LogP contribution >= 0.6 is 0 Å². The predicted octanol–water partition coefficient (Wildman–Crippen LogP) is 3.17. The third-order valence-corrected chi connectivity index (χ3v) is 5.59. The minimum atomic E-state index is -0.776. The Morgan fingerprint density at radius 2 is 1.85 bits per heavy atom. The number of carbonyl (C=O) groups excluding carboxylic acids is 2. The summed E-state index contributed by atoms with van der Waals surface area (Å²) < 4.78 is 16.1. The van der Waals surface area contributed by atoms with E-state index in [1.54, 1.807) is 25.3 Å². The van der Waals surface area contributed by atoms with Gasteiger partial charge in [0.05, 0.1) is 13.3 Å². The Labute approximate surface area is 200 Å². The quantitative estimate of drug-likeness (QED) is 0.410. The highest BCUT2D eigenvalue weighted by Gasteiger charge is 2.25. The number of hydrazone groups is 1. The molecule has 182 valence electrons. The molecule has 34 heavy (non-hydrogen) atoms. The van der Waals surface area contributed by atoms with Crippen LogP contribution in [-0.4, -0.2) is 51.1 Å². The highest BCUT2D eigenvalue weighted by Crippen LogP contribution is 2.32. The van der Waals surface area contributed by atoms with E-state index in [2.05, 4.69) is 34.6 Å². The lowest BCUT2D eigenvalue weighted by Crippen LogP contribution is -2.48. The summed E-state index contributed by atoms with van der Waals surface area (Å²) in [5.74, 6) is 0.784. The number of amides is 2. The van der Waals surface area contributed by atoms with Gasteiger partial charge in [-0.05, 0) is 50.1 Å². The first-order valence-corrected chi connectivity index (χ1v) is 11.3. The molecular formula is C25H32N4O5. The summed E-state index contributed by atoms with van der Waals surface area (Å²) in [6.07, 6.45) is 1.53. The van der Waals surface area contributed by atoms with Crippen molar-refractivity contribution in [1.29, 1.82) is 0 Å². The zero-order valence-electron chi connectivity index (χ0n) is 20.3. The second-order valence-corrected chi connectivity index (χ2v) is 8.10. The van der Waals surface area contributed by atoms with E-state index in [1.807, 2.05) is 32.0 Å². The summed E-state index contributed by atoms with van der Waals surface area (Å²) in [7, 11) is 1.59. The second-order valence-electron chi connectivity index (χ2n) is 8.10. The van der Waals surface area contributed by atoms with Crippen LogP contribution in [-0.2, 0) is 4.79 Å². The summed E-state index contributed by atoms with van der Waals surface area (Å²) >= 11 is 0. The molecule has 1 heterocycles. The molecule has 1 aliphatic rings. The highest BCUT2D eigenvalue weighted by atomic mass is 16.7. The van der Waals surface area contributed by atoms with Crippen LogP contribution in [0.5, 0.6) is 17.2 Å². The number of ether oxygens (including phenoxy) is 3. The number of rotatable bonds is 10. The van der Waals surface area contributed by atoms with Gasteiger partial charge >= 0.3 is 0 Å². The average Bonchev–Trinajstić information content (AvgIpc) is 3.31. The van der Waals surface area contributed by atoms with Gasteiger partial charge in [-0.3, -0.25) is 9.59 Å². The first-order chi connectivity index (χ1) is 16.4. The number of nitrogens with zero attached hydrogens (tertiary/aromatic N) is 2. The molecule has 0 saturated carbocycles. The van der Waals surface area contributed by atoms with Crippen molar-refractivity contribution in [1.82, 2.24) is 10.7 Å². The van der Waals surface area contributed by atoms with E-state index < -0.39 is 11.9 Å². The molecule has 0 saturated heterocycles. The van der Waals surface area contributed by atoms with E-state index in [0.29, 0.717) is 22.8 Å². The summed E-state index contributed by atoms with van der Waals surface area (Å²) in [5.41, 5.74) is 4.68. The van der Waals surface area contributed by atoms with E-state index >= 15 is 0 Å². The molecule has 0 spiro atoms. The van der Waals surface area contributed by atoms with Gasteiger partial charge in [-0.2, -0.15) is 5.10 Å². The molecule has 9 nitrogen and oxygen atoms in total. The van der Waals surface area contributed by atoms with E-state index in [4.69, 9.17) is 14.2 Å². The fraction of sp³-hybridized carbons (Fsp3) is 0.400. The third kappa shape index (κ3) is 5.78. The Morgan fingerprint density at radius 3 is 2.53 bits per heavy atom. The van der Waals surface area contributed by atoms with Gasteiger partial charge in [-0.15, -0.1) is 0 Å². The van der Waals surface area contributed by atoms with E-state index in [9.17, 15) is 9.59 Å². The second kappa shape index (κ2) is 11.4. The molecule has 2 aromatic rings. The number of benzene rings is 2. The average molecular weight is 469 g/mol. The van der Waals surface area contributed by atoms with Gasteiger partial charge in [0.25, 0.3) is 11.8 Å². The van der Waals surface area contributed by atoms with Gasteiger partial charge in [-0.1, -0.05) is 13.8 Å². The first-order valence-electron chi connectivity index (χ1n) is 11.3. The molecule has 0 bridgehead atoms. The lowest BCUT2D eigenvalue weighted by molar-refractivity contribution is -0.123. The van der Waals surface area contributed by atoms with Crippen molar-refractivity contribution in [2.45, 2.75) is 33.7 Å². The zero-order valence-corrected chi connectivity index (χ0v) is 20.3. The summed E-state index contributed by atoms with van der Waals surface area (Å²) in [6, 6.07) is 9.94. The standard InChI is InChI=1S/C25H32N4O5/c1-6-29(7-2)19-10-8-18(21(13-19)32-5)14-26-28-25(31)23(16(3)4)27-24(30)17-9-11-20-22(12-17)34-15-33-20/h8-14,16,23H,6-7,15H2,1-5H3,(H,27,30)(H,28,31)/b26-14-/t23-/m1/s1. The first kappa shape index (κ1) is 24.9. The Morgan fingerprint density at radius 1 is 1.12 bits per heavy atom. The van der Waals surface area contributed by atoms with Crippen molar-refractivity contribution in [3.8, 4) is 17.2 Å². The Hall–Kier alpha value is -3.75. The van der Waals surface area contributed by atoms with Gasteiger partial charge in [0.2, 0.25) is 6.79 Å². The normalized spacial score (nSPS) is 13.1. The van der Waals surface area contributed by atoms with Crippen molar-refractivity contribution in [3.63, 3.8) is 0 Å². The number of nitrogens with one attached hydrogen (secondary N) is 2. The van der Waals surface area contributed by atoms with Gasteiger partial charge in [0.15, 0.2) is 11.5 Å². The number of carbonyl (C=O) groups is 2. The third-order valence-electron chi connectivity index (χ3n) is 5.59. The fourth-order valence-corrected chi connectivity index (χ4v) is 3.62. The SMILES string of the molecule is CCN(CC)c1ccc(/C=N\NC(=O)[C@H](NC(=O)c2ccc3c(c2)OCO3)C(C)C)c(OC)c1. The summed E-state index contributed by atoms with van der Waals surface area (Å²) in [5, 5.41) is 6.87. The van der Waals surface area contributed by atoms with Crippen molar-refractivity contribution in [3.05, 3.63) is 47.5 Å². The lowest BCUT2D eigenvalue weighted by atomic mass is 10.0. The Bertz CT molecular complexity index is 1050. The monoisotopic (exact) mass is 468 g/mol. The van der Waals surface area contributed by atoms with Gasteiger partial charge in [0.1, 0.15) is 11.8 Å². The van der Waals surface area contributed by atoms with Crippen LogP contribution in [0.1, 0.15) is 43.6 Å². The highest BCUT2D eigenvalue weighted by molar-refractivity contribution is 5.98. The molecular weight excluding hydrogens is 436 g/mol. The van der Waals surface area contributed by atoms with Crippen molar-refractivity contribution in [2.24, 2.45) is 11.0 Å². The zero-order chi connectivity index (χ0) is 24.7. The van der Waals surface area contributed by atoms with Crippen LogP contribution in [0.2, 0.25) is 0 Å². The minimum Gasteiger partial charge on any atom is -0.496 e. The van der Waals surface area contributed by atoms with Crippen LogP contribution in [0.25, 0.3) is 0 Å². The molecule has 9 heteroatoms. The van der Waals surface area contributed by atoms with Crippen molar-refractivity contribution >= 4 is 23.7 Å². The molecule has 1 atom stereocenters. The number of anilines is 1. The molecule has 2 aromatic carbocycles. The molecule has 0 unspecified atom stereocenters. The van der Waals surface area contributed by atoms with Crippen molar-refractivity contribution in [2.75, 3.05) is 31.9 Å². The maximum Gasteiger partial charge on any atom is 0.262 e.